The molecule has 1 N–H and O–H groups in total. The number of rotatable bonds is 4. The second-order valence-corrected chi connectivity index (χ2v) is 3.93. The molecule has 1 aromatic rings. The van der Waals surface area contributed by atoms with Crippen LogP contribution >= 0.6 is 0 Å². The molecule has 0 radical (unpaired) electrons. The summed E-state index contributed by atoms with van der Waals surface area (Å²) in [4.78, 5) is 11.8. The van der Waals surface area contributed by atoms with Crippen LogP contribution in [-0.4, -0.2) is 21.7 Å². The van der Waals surface area contributed by atoms with Gasteiger partial charge in [0.2, 0.25) is 5.91 Å². The minimum absolute atomic E-state index is 0.0208. The molecule has 2 unspecified atom stereocenters. The first-order valence-electron chi connectivity index (χ1n) is 5.36. The van der Waals surface area contributed by atoms with Gasteiger partial charge < -0.3 is 5.32 Å². The summed E-state index contributed by atoms with van der Waals surface area (Å²) in [6.45, 7) is 7.81. The van der Waals surface area contributed by atoms with Crippen molar-refractivity contribution in [2.45, 2.75) is 46.2 Å². The Bertz CT molecular complexity index is 332. The maximum absolute atomic E-state index is 11.8. The molecule has 1 rings (SSSR count). The van der Waals surface area contributed by atoms with Gasteiger partial charge in [-0.05, 0) is 33.3 Å². The maximum atomic E-state index is 11.8. The lowest BCUT2D eigenvalue weighted by Crippen LogP contribution is -2.37. The molecular weight excluding hydrogens is 190 g/mol. The topological polar surface area (TPSA) is 46.9 Å². The molecule has 0 spiro atoms. The Hall–Kier alpha value is -1.32. The van der Waals surface area contributed by atoms with Gasteiger partial charge in [-0.1, -0.05) is 6.92 Å². The van der Waals surface area contributed by atoms with Crippen molar-refractivity contribution in [1.82, 2.24) is 15.1 Å². The molecule has 0 aromatic carbocycles. The Kier molecular flexibility index (Phi) is 3.88. The van der Waals surface area contributed by atoms with Gasteiger partial charge in [0.05, 0.1) is 5.69 Å². The fourth-order valence-corrected chi connectivity index (χ4v) is 1.23. The first kappa shape index (κ1) is 11.8. The van der Waals surface area contributed by atoms with E-state index in [9.17, 15) is 4.79 Å². The zero-order chi connectivity index (χ0) is 11.4. The highest BCUT2D eigenvalue weighted by molar-refractivity contribution is 5.79. The van der Waals surface area contributed by atoms with Gasteiger partial charge >= 0.3 is 0 Å². The van der Waals surface area contributed by atoms with E-state index in [1.165, 1.54) is 0 Å². The Labute approximate surface area is 90.7 Å². The summed E-state index contributed by atoms with van der Waals surface area (Å²) in [5.74, 6) is 0.0208. The molecule has 0 bridgehead atoms. The van der Waals surface area contributed by atoms with Crippen LogP contribution in [0.2, 0.25) is 0 Å². The van der Waals surface area contributed by atoms with E-state index in [-0.39, 0.29) is 18.0 Å². The van der Waals surface area contributed by atoms with E-state index in [0.29, 0.717) is 0 Å². The van der Waals surface area contributed by atoms with Gasteiger partial charge in [0.25, 0.3) is 0 Å². The number of hydrogen-bond acceptors (Lipinski definition) is 2. The van der Waals surface area contributed by atoms with Gasteiger partial charge in [-0.2, -0.15) is 5.10 Å². The molecular formula is C11H19N3O. The number of nitrogens with zero attached hydrogens (tertiary/aromatic N) is 2. The molecule has 0 aliphatic carbocycles. The van der Waals surface area contributed by atoms with Crippen molar-refractivity contribution in [1.29, 1.82) is 0 Å². The molecule has 0 fully saturated rings. The van der Waals surface area contributed by atoms with E-state index in [1.54, 1.807) is 4.68 Å². The van der Waals surface area contributed by atoms with E-state index >= 15 is 0 Å². The zero-order valence-corrected chi connectivity index (χ0v) is 9.82. The zero-order valence-electron chi connectivity index (χ0n) is 9.82. The van der Waals surface area contributed by atoms with Crippen LogP contribution < -0.4 is 5.32 Å². The summed E-state index contributed by atoms with van der Waals surface area (Å²) in [5, 5.41) is 7.16. The van der Waals surface area contributed by atoms with Crippen LogP contribution in [0.4, 0.5) is 0 Å². The first-order valence-corrected chi connectivity index (χ1v) is 5.36. The highest BCUT2D eigenvalue weighted by Gasteiger charge is 2.16. The summed E-state index contributed by atoms with van der Waals surface area (Å²) in [6.07, 6.45) is 2.77. The van der Waals surface area contributed by atoms with Crippen molar-refractivity contribution in [2.24, 2.45) is 0 Å². The van der Waals surface area contributed by atoms with Crippen LogP contribution in [0.5, 0.6) is 0 Å². The highest BCUT2D eigenvalue weighted by atomic mass is 16.2. The standard InChI is InChI=1S/C11H19N3O/c1-5-8(2)12-11(15)10(4)14-7-6-9(3)13-14/h6-8,10H,5H2,1-4H3,(H,12,15). The van der Waals surface area contributed by atoms with Gasteiger partial charge in [-0.3, -0.25) is 9.48 Å². The number of carbonyl (C=O) groups excluding carboxylic acids is 1. The van der Waals surface area contributed by atoms with Crippen molar-refractivity contribution in [2.75, 3.05) is 0 Å². The quantitative estimate of drug-likeness (QED) is 0.820. The third-order valence-corrected chi connectivity index (χ3v) is 2.52. The van der Waals surface area contributed by atoms with E-state index in [4.69, 9.17) is 0 Å². The molecule has 0 saturated heterocycles. The molecule has 1 amide bonds. The van der Waals surface area contributed by atoms with Gasteiger partial charge in [0.1, 0.15) is 6.04 Å². The Morgan fingerprint density at radius 3 is 2.73 bits per heavy atom. The fraction of sp³-hybridized carbons (Fsp3) is 0.636. The number of hydrogen-bond donors (Lipinski definition) is 1. The smallest absolute Gasteiger partial charge is 0.244 e. The highest BCUT2D eigenvalue weighted by Crippen LogP contribution is 2.06. The molecule has 1 heterocycles. The molecule has 2 atom stereocenters. The van der Waals surface area contributed by atoms with Crippen LogP contribution in [0, 0.1) is 6.92 Å². The van der Waals surface area contributed by atoms with E-state index in [1.807, 2.05) is 40.0 Å². The number of carbonyl (C=O) groups is 1. The summed E-state index contributed by atoms with van der Waals surface area (Å²) in [5.41, 5.74) is 0.929. The summed E-state index contributed by atoms with van der Waals surface area (Å²) < 4.78 is 1.69. The molecule has 0 aliphatic heterocycles. The van der Waals surface area contributed by atoms with Gasteiger partial charge in [-0.15, -0.1) is 0 Å². The monoisotopic (exact) mass is 209 g/mol. The Morgan fingerprint density at radius 2 is 2.27 bits per heavy atom. The second-order valence-electron chi connectivity index (χ2n) is 3.93. The Morgan fingerprint density at radius 1 is 1.60 bits per heavy atom. The maximum Gasteiger partial charge on any atom is 0.244 e. The average Bonchev–Trinajstić information content (AvgIpc) is 2.63. The third kappa shape index (κ3) is 3.08. The molecule has 4 heteroatoms. The average molecular weight is 209 g/mol. The van der Waals surface area contributed by atoms with Crippen molar-refractivity contribution in [3.05, 3.63) is 18.0 Å². The van der Waals surface area contributed by atoms with E-state index in [0.717, 1.165) is 12.1 Å². The van der Waals surface area contributed by atoms with Gasteiger partial charge in [0.15, 0.2) is 0 Å². The first-order chi connectivity index (χ1) is 7.04. The predicted molar refractivity (Wildman–Crippen MR) is 59.6 cm³/mol. The van der Waals surface area contributed by atoms with Crippen LogP contribution in [0.15, 0.2) is 12.3 Å². The normalized spacial score (nSPS) is 14.7. The third-order valence-electron chi connectivity index (χ3n) is 2.52. The van der Waals surface area contributed by atoms with Crippen LogP contribution in [0.3, 0.4) is 0 Å². The summed E-state index contributed by atoms with van der Waals surface area (Å²) in [6, 6.07) is 1.87. The van der Waals surface area contributed by atoms with Crippen molar-refractivity contribution in [3.8, 4) is 0 Å². The number of aromatic nitrogens is 2. The summed E-state index contributed by atoms with van der Waals surface area (Å²) in [7, 11) is 0. The molecule has 4 nitrogen and oxygen atoms in total. The van der Waals surface area contributed by atoms with Crippen molar-refractivity contribution < 1.29 is 4.79 Å². The Balaban J connectivity index is 2.60. The molecule has 0 saturated carbocycles. The van der Waals surface area contributed by atoms with Gasteiger partial charge in [0, 0.05) is 12.2 Å². The van der Waals surface area contributed by atoms with Gasteiger partial charge in [-0.25, -0.2) is 0 Å². The minimum Gasteiger partial charge on any atom is -0.352 e. The fourth-order valence-electron chi connectivity index (χ4n) is 1.23. The van der Waals surface area contributed by atoms with Crippen LogP contribution in [0.1, 0.15) is 38.9 Å². The number of amides is 1. The molecule has 0 aliphatic rings. The SMILES string of the molecule is CCC(C)NC(=O)C(C)n1ccc(C)n1. The summed E-state index contributed by atoms with van der Waals surface area (Å²) >= 11 is 0. The minimum atomic E-state index is -0.243. The predicted octanol–water partition coefficient (Wildman–Crippen LogP) is 1.67. The molecule has 15 heavy (non-hydrogen) atoms. The molecule has 84 valence electrons. The largest absolute Gasteiger partial charge is 0.352 e. The lowest BCUT2D eigenvalue weighted by Gasteiger charge is -2.16. The number of aryl methyl sites for hydroxylation is 1. The lowest BCUT2D eigenvalue weighted by molar-refractivity contribution is -0.124. The second kappa shape index (κ2) is 4.96. The van der Waals surface area contributed by atoms with E-state index < -0.39 is 0 Å². The van der Waals surface area contributed by atoms with Crippen LogP contribution in [0.25, 0.3) is 0 Å². The number of nitrogens with one attached hydrogen (secondary N) is 1. The lowest BCUT2D eigenvalue weighted by atomic mass is 10.2. The van der Waals surface area contributed by atoms with E-state index in [2.05, 4.69) is 10.4 Å². The van der Waals surface area contributed by atoms with Crippen molar-refractivity contribution in [3.63, 3.8) is 0 Å². The van der Waals surface area contributed by atoms with Crippen LogP contribution in [-0.2, 0) is 4.79 Å². The van der Waals surface area contributed by atoms with Crippen molar-refractivity contribution >= 4 is 5.91 Å². The molecule has 1 aromatic heterocycles.